The Kier molecular flexibility index (Phi) is 8.33. The van der Waals surface area contributed by atoms with Gasteiger partial charge in [0.1, 0.15) is 12.0 Å². The summed E-state index contributed by atoms with van der Waals surface area (Å²) in [6.45, 7) is 9.37. The molecular formula is C21H31N5O3. The fraction of sp³-hybridized carbons (Fsp3) is 0.524. The second kappa shape index (κ2) is 11.4. The molecule has 0 atom stereocenters. The van der Waals surface area contributed by atoms with E-state index in [9.17, 15) is 0 Å². The molecule has 0 spiro atoms. The normalized spacial score (nSPS) is 15.5. The molecule has 1 aliphatic rings. The van der Waals surface area contributed by atoms with Gasteiger partial charge in [0.25, 0.3) is 0 Å². The zero-order valence-corrected chi connectivity index (χ0v) is 17.3. The van der Waals surface area contributed by atoms with E-state index in [-0.39, 0.29) is 0 Å². The molecule has 8 heteroatoms. The van der Waals surface area contributed by atoms with Gasteiger partial charge < -0.3 is 24.2 Å². The molecule has 1 aromatic carbocycles. The van der Waals surface area contributed by atoms with Crippen LogP contribution < -0.4 is 10.1 Å². The van der Waals surface area contributed by atoms with E-state index in [4.69, 9.17) is 19.0 Å². The lowest BCUT2D eigenvalue weighted by Gasteiger charge is -2.36. The van der Waals surface area contributed by atoms with Gasteiger partial charge in [0, 0.05) is 45.3 Å². The topological polar surface area (TPSA) is 75.4 Å². The molecule has 8 nitrogen and oxygen atoms in total. The van der Waals surface area contributed by atoms with E-state index in [0.717, 1.165) is 62.2 Å². The van der Waals surface area contributed by atoms with Crippen LogP contribution in [-0.2, 0) is 17.9 Å². The molecule has 3 rings (SSSR count). The Morgan fingerprint density at radius 3 is 2.83 bits per heavy atom. The Hall–Kier alpha value is -2.58. The Morgan fingerprint density at radius 2 is 2.10 bits per heavy atom. The number of piperazine rings is 1. The minimum Gasteiger partial charge on any atom is -0.497 e. The Balaban J connectivity index is 1.41. The first-order valence-electron chi connectivity index (χ1n) is 10.1. The van der Waals surface area contributed by atoms with Crippen molar-refractivity contribution in [3.63, 3.8) is 0 Å². The van der Waals surface area contributed by atoms with Crippen LogP contribution in [0.1, 0.15) is 18.2 Å². The van der Waals surface area contributed by atoms with Gasteiger partial charge in [-0.25, -0.2) is 0 Å². The second-order valence-electron chi connectivity index (χ2n) is 6.89. The fourth-order valence-corrected chi connectivity index (χ4v) is 3.26. The highest BCUT2D eigenvalue weighted by Crippen LogP contribution is 2.13. The summed E-state index contributed by atoms with van der Waals surface area (Å²) in [4.78, 5) is 9.43. The number of rotatable bonds is 9. The van der Waals surface area contributed by atoms with Gasteiger partial charge >= 0.3 is 0 Å². The van der Waals surface area contributed by atoms with Crippen LogP contribution in [0.3, 0.4) is 0 Å². The monoisotopic (exact) mass is 401 g/mol. The van der Waals surface area contributed by atoms with Gasteiger partial charge in [-0.2, -0.15) is 0 Å². The van der Waals surface area contributed by atoms with Crippen molar-refractivity contribution < 1.29 is 14.0 Å². The lowest BCUT2D eigenvalue weighted by Crippen LogP contribution is -2.52. The number of aromatic nitrogens is 1. The molecule has 29 heavy (non-hydrogen) atoms. The van der Waals surface area contributed by atoms with Crippen LogP contribution in [0, 0.1) is 0 Å². The fourth-order valence-electron chi connectivity index (χ4n) is 3.26. The third-order valence-corrected chi connectivity index (χ3v) is 4.78. The number of guanidine groups is 1. The van der Waals surface area contributed by atoms with Crippen molar-refractivity contribution in [1.29, 1.82) is 0 Å². The zero-order valence-electron chi connectivity index (χ0n) is 17.3. The average molecular weight is 402 g/mol. The first-order chi connectivity index (χ1) is 14.3. The molecular weight excluding hydrogens is 370 g/mol. The van der Waals surface area contributed by atoms with E-state index in [2.05, 4.69) is 27.2 Å². The zero-order chi connectivity index (χ0) is 20.3. The maximum Gasteiger partial charge on any atom is 0.194 e. The summed E-state index contributed by atoms with van der Waals surface area (Å²) in [6, 6.07) is 9.85. The Bertz CT molecular complexity index is 743. The van der Waals surface area contributed by atoms with Gasteiger partial charge in [-0.1, -0.05) is 17.3 Å². The molecule has 0 saturated carbocycles. The van der Waals surface area contributed by atoms with Gasteiger partial charge in [0.15, 0.2) is 5.96 Å². The SMILES string of the molecule is CCNC(=NCCOCc1cccc(OC)c1)N1CCN(Cc2ccon2)CC1. The number of methoxy groups -OCH3 is 1. The summed E-state index contributed by atoms with van der Waals surface area (Å²) in [5, 5.41) is 7.39. The minimum atomic E-state index is 0.560. The molecule has 1 fully saturated rings. The first-order valence-corrected chi connectivity index (χ1v) is 10.1. The van der Waals surface area contributed by atoms with E-state index in [1.54, 1.807) is 13.4 Å². The highest BCUT2D eigenvalue weighted by molar-refractivity contribution is 5.80. The van der Waals surface area contributed by atoms with Crippen LogP contribution in [0.5, 0.6) is 5.75 Å². The maximum atomic E-state index is 5.78. The van der Waals surface area contributed by atoms with Crippen LogP contribution in [0.25, 0.3) is 0 Å². The van der Waals surface area contributed by atoms with Crippen LogP contribution in [0.15, 0.2) is 46.1 Å². The van der Waals surface area contributed by atoms with Crippen LogP contribution in [0.4, 0.5) is 0 Å². The number of ether oxygens (including phenoxy) is 2. The standard InChI is InChI=1S/C21H31N5O3/c1-3-22-21(23-8-14-28-17-18-5-4-6-20(15-18)27-2)26-11-9-25(10-12-26)16-19-7-13-29-24-19/h4-7,13,15H,3,8-12,14,16-17H2,1-2H3,(H,22,23). The highest BCUT2D eigenvalue weighted by Gasteiger charge is 2.20. The molecule has 1 saturated heterocycles. The molecule has 2 aromatic rings. The molecule has 1 N–H and O–H groups in total. The van der Waals surface area contributed by atoms with E-state index in [1.807, 2.05) is 30.3 Å². The van der Waals surface area contributed by atoms with Crippen molar-refractivity contribution in [1.82, 2.24) is 20.3 Å². The molecule has 1 aromatic heterocycles. The van der Waals surface area contributed by atoms with Crippen molar-refractivity contribution in [3.8, 4) is 5.75 Å². The van der Waals surface area contributed by atoms with E-state index in [0.29, 0.717) is 19.8 Å². The van der Waals surface area contributed by atoms with Crippen molar-refractivity contribution in [3.05, 3.63) is 47.9 Å². The van der Waals surface area contributed by atoms with Crippen molar-refractivity contribution in [2.75, 3.05) is 53.0 Å². The number of hydrogen-bond acceptors (Lipinski definition) is 6. The summed E-state index contributed by atoms with van der Waals surface area (Å²) in [5.41, 5.74) is 2.08. The number of benzene rings is 1. The third-order valence-electron chi connectivity index (χ3n) is 4.78. The van der Waals surface area contributed by atoms with Gasteiger partial charge in [-0.15, -0.1) is 0 Å². The smallest absolute Gasteiger partial charge is 0.194 e. The Labute approximate surface area is 172 Å². The maximum absolute atomic E-state index is 5.78. The summed E-state index contributed by atoms with van der Waals surface area (Å²) in [5.74, 6) is 1.81. The molecule has 158 valence electrons. The predicted octanol–water partition coefficient (Wildman–Crippen LogP) is 1.98. The molecule has 1 aliphatic heterocycles. The number of hydrogen-bond donors (Lipinski definition) is 1. The van der Waals surface area contributed by atoms with Crippen LogP contribution in [0.2, 0.25) is 0 Å². The second-order valence-corrected chi connectivity index (χ2v) is 6.89. The van der Waals surface area contributed by atoms with Crippen LogP contribution in [-0.4, -0.2) is 73.9 Å². The molecule has 0 aliphatic carbocycles. The molecule has 0 amide bonds. The lowest BCUT2D eigenvalue weighted by atomic mass is 10.2. The van der Waals surface area contributed by atoms with Gasteiger partial charge in [-0.05, 0) is 24.6 Å². The van der Waals surface area contributed by atoms with Crippen molar-refractivity contribution in [2.24, 2.45) is 4.99 Å². The average Bonchev–Trinajstić information content (AvgIpc) is 3.26. The highest BCUT2D eigenvalue weighted by atomic mass is 16.5. The van der Waals surface area contributed by atoms with Gasteiger partial charge in [-0.3, -0.25) is 9.89 Å². The van der Waals surface area contributed by atoms with E-state index < -0.39 is 0 Å². The van der Waals surface area contributed by atoms with Gasteiger partial charge in [0.05, 0.1) is 32.6 Å². The summed E-state index contributed by atoms with van der Waals surface area (Å²) in [6.07, 6.45) is 1.62. The summed E-state index contributed by atoms with van der Waals surface area (Å²) >= 11 is 0. The number of aliphatic imine (C=N–C) groups is 1. The Morgan fingerprint density at radius 1 is 1.24 bits per heavy atom. The van der Waals surface area contributed by atoms with Crippen molar-refractivity contribution in [2.45, 2.75) is 20.1 Å². The lowest BCUT2D eigenvalue weighted by molar-refractivity contribution is 0.127. The molecule has 0 bridgehead atoms. The first kappa shape index (κ1) is 21.1. The van der Waals surface area contributed by atoms with E-state index in [1.165, 1.54) is 0 Å². The molecule has 2 heterocycles. The van der Waals surface area contributed by atoms with Gasteiger partial charge in [0.2, 0.25) is 0 Å². The summed E-state index contributed by atoms with van der Waals surface area (Å²) in [7, 11) is 1.67. The quantitative estimate of drug-likeness (QED) is 0.391. The van der Waals surface area contributed by atoms with Crippen molar-refractivity contribution >= 4 is 5.96 Å². The third kappa shape index (κ3) is 6.76. The van der Waals surface area contributed by atoms with Crippen LogP contribution >= 0.6 is 0 Å². The largest absolute Gasteiger partial charge is 0.497 e. The van der Waals surface area contributed by atoms with E-state index >= 15 is 0 Å². The molecule has 0 unspecified atom stereocenters. The minimum absolute atomic E-state index is 0.560. The summed E-state index contributed by atoms with van der Waals surface area (Å²) < 4.78 is 15.9. The molecule has 0 radical (unpaired) electrons. The number of nitrogens with one attached hydrogen (secondary N) is 1. The number of nitrogens with zero attached hydrogens (tertiary/aromatic N) is 4. The predicted molar refractivity (Wildman–Crippen MR) is 112 cm³/mol.